The monoisotopic (exact) mass is 592 g/mol. The number of carbonyl (C=O) groups excluding carboxylic acids is 1. The molecule has 2 heterocycles. The Morgan fingerprint density at radius 2 is 1.70 bits per heavy atom. The van der Waals surface area contributed by atoms with Crippen molar-refractivity contribution >= 4 is 39.7 Å². The molecular weight excluding hydrogens is 567 g/mol. The van der Waals surface area contributed by atoms with Crippen LogP contribution in [0.2, 0.25) is 0 Å². The van der Waals surface area contributed by atoms with Crippen molar-refractivity contribution in [1.29, 1.82) is 0 Å². The Balaban J connectivity index is 1.39. The summed E-state index contributed by atoms with van der Waals surface area (Å²) in [6.45, 7) is -0.445. The number of rotatable bonds is 9. The SMILES string of the molecule is COc1cccc(C=Nn2c(-c3cc4c(OC)cccc4o3)nc3ccccc3c2=O)c1OCC(=O)Nc1ccccc1F. The summed E-state index contributed by atoms with van der Waals surface area (Å²) in [6.07, 6.45) is 1.40. The molecule has 6 aromatic rings. The Morgan fingerprint density at radius 3 is 2.52 bits per heavy atom. The molecule has 0 aliphatic heterocycles. The summed E-state index contributed by atoms with van der Waals surface area (Å²) in [5.74, 6) is 0.434. The van der Waals surface area contributed by atoms with Crippen LogP contribution >= 0.6 is 0 Å². The van der Waals surface area contributed by atoms with Gasteiger partial charge in [0.15, 0.2) is 23.9 Å². The maximum atomic E-state index is 14.0. The predicted octanol–water partition coefficient (Wildman–Crippen LogP) is 5.87. The fourth-order valence-electron chi connectivity index (χ4n) is 4.67. The van der Waals surface area contributed by atoms with Crippen LogP contribution in [0.4, 0.5) is 10.1 Å². The average molecular weight is 593 g/mol. The molecule has 0 spiro atoms. The first kappa shape index (κ1) is 28.2. The first-order valence-corrected chi connectivity index (χ1v) is 13.4. The number of hydrogen-bond donors (Lipinski definition) is 1. The van der Waals surface area contributed by atoms with Crippen LogP contribution in [-0.4, -0.2) is 42.6 Å². The Bertz CT molecular complexity index is 2100. The van der Waals surface area contributed by atoms with Crippen molar-refractivity contribution in [3.05, 3.63) is 113 Å². The van der Waals surface area contributed by atoms with Gasteiger partial charge in [-0.3, -0.25) is 9.59 Å². The highest BCUT2D eigenvalue weighted by atomic mass is 19.1. The molecule has 220 valence electrons. The van der Waals surface area contributed by atoms with E-state index in [1.165, 1.54) is 31.5 Å². The molecule has 0 bridgehead atoms. The van der Waals surface area contributed by atoms with Gasteiger partial charge in [0.1, 0.15) is 17.1 Å². The van der Waals surface area contributed by atoms with Crippen LogP contribution in [0.3, 0.4) is 0 Å². The third-order valence-electron chi connectivity index (χ3n) is 6.75. The van der Waals surface area contributed by atoms with E-state index in [9.17, 15) is 14.0 Å². The quantitative estimate of drug-likeness (QED) is 0.209. The highest BCUT2D eigenvalue weighted by Crippen LogP contribution is 2.33. The number of halogens is 1. The van der Waals surface area contributed by atoms with Crippen molar-refractivity contribution in [3.63, 3.8) is 0 Å². The molecule has 44 heavy (non-hydrogen) atoms. The fraction of sp³-hybridized carbons (Fsp3) is 0.0909. The minimum atomic E-state index is -0.582. The van der Waals surface area contributed by atoms with Crippen LogP contribution in [0, 0.1) is 5.82 Å². The average Bonchev–Trinajstić information content (AvgIpc) is 3.49. The van der Waals surface area contributed by atoms with Gasteiger partial charge < -0.3 is 23.9 Å². The number of fused-ring (bicyclic) bond motifs is 2. The van der Waals surface area contributed by atoms with Gasteiger partial charge in [0, 0.05) is 5.56 Å². The van der Waals surface area contributed by atoms with Gasteiger partial charge in [0.25, 0.3) is 11.5 Å². The largest absolute Gasteiger partial charge is 0.496 e. The standard InChI is InChI=1S/C33H25FN4O6/c1-41-26-14-8-15-27-22(26)17-29(44-27)32-37-24-12-5-3-10-21(24)33(40)38(32)35-18-20-9-7-16-28(42-2)31(20)43-19-30(39)36-25-13-6-4-11-23(25)34/h3-18H,19H2,1-2H3,(H,36,39). The third-order valence-corrected chi connectivity index (χ3v) is 6.75. The van der Waals surface area contributed by atoms with Crippen LogP contribution in [-0.2, 0) is 4.79 Å². The molecule has 6 rings (SSSR count). The van der Waals surface area contributed by atoms with E-state index in [2.05, 4.69) is 10.4 Å². The number of methoxy groups -OCH3 is 2. The molecule has 2 aromatic heterocycles. The zero-order valence-electron chi connectivity index (χ0n) is 23.6. The molecule has 0 aliphatic carbocycles. The van der Waals surface area contributed by atoms with Crippen molar-refractivity contribution in [3.8, 4) is 28.8 Å². The number of para-hydroxylation sites is 3. The molecule has 1 amide bonds. The van der Waals surface area contributed by atoms with Gasteiger partial charge in [-0.1, -0.05) is 36.4 Å². The minimum absolute atomic E-state index is 0.0295. The number of ether oxygens (including phenoxy) is 3. The van der Waals surface area contributed by atoms with E-state index in [0.717, 1.165) is 4.68 Å². The van der Waals surface area contributed by atoms with Crippen LogP contribution in [0.5, 0.6) is 17.2 Å². The summed E-state index contributed by atoms with van der Waals surface area (Å²) in [5.41, 5.74) is 1.03. The number of nitrogens with zero attached hydrogens (tertiary/aromatic N) is 3. The van der Waals surface area contributed by atoms with Crippen molar-refractivity contribution in [2.75, 3.05) is 26.1 Å². The summed E-state index contributed by atoms with van der Waals surface area (Å²) in [4.78, 5) is 31.0. The summed E-state index contributed by atoms with van der Waals surface area (Å²) in [5, 5.41) is 8.04. The van der Waals surface area contributed by atoms with Crippen molar-refractivity contribution < 1.29 is 27.8 Å². The molecule has 0 saturated carbocycles. The Labute approximate surface area is 249 Å². The highest BCUT2D eigenvalue weighted by Gasteiger charge is 2.19. The lowest BCUT2D eigenvalue weighted by Crippen LogP contribution is -2.21. The summed E-state index contributed by atoms with van der Waals surface area (Å²) < 4.78 is 38.0. The van der Waals surface area contributed by atoms with Gasteiger partial charge >= 0.3 is 0 Å². The van der Waals surface area contributed by atoms with E-state index >= 15 is 0 Å². The van der Waals surface area contributed by atoms with Crippen molar-refractivity contribution in [2.45, 2.75) is 0 Å². The molecule has 11 heteroatoms. The molecule has 0 unspecified atom stereocenters. The zero-order chi connectivity index (χ0) is 30.6. The number of carbonyl (C=O) groups is 1. The molecule has 1 N–H and O–H groups in total. The number of anilines is 1. The van der Waals surface area contributed by atoms with Crippen LogP contribution in [0.1, 0.15) is 5.56 Å². The summed E-state index contributed by atoms with van der Waals surface area (Å²) in [6, 6.07) is 24.9. The van der Waals surface area contributed by atoms with E-state index < -0.39 is 23.9 Å². The second-order valence-corrected chi connectivity index (χ2v) is 9.49. The molecule has 0 saturated heterocycles. The van der Waals surface area contributed by atoms with E-state index in [-0.39, 0.29) is 17.3 Å². The number of furan rings is 1. The lowest BCUT2D eigenvalue weighted by molar-refractivity contribution is -0.118. The molecule has 4 aromatic carbocycles. The molecular formula is C33H25FN4O6. The Morgan fingerprint density at radius 1 is 0.955 bits per heavy atom. The van der Waals surface area contributed by atoms with Crippen LogP contribution in [0.15, 0.2) is 105 Å². The number of aromatic nitrogens is 2. The van der Waals surface area contributed by atoms with E-state index in [0.29, 0.717) is 44.7 Å². The maximum Gasteiger partial charge on any atom is 0.282 e. The smallest absolute Gasteiger partial charge is 0.282 e. The Kier molecular flexibility index (Phi) is 7.75. The first-order valence-electron chi connectivity index (χ1n) is 13.4. The first-order chi connectivity index (χ1) is 21.5. The summed E-state index contributed by atoms with van der Waals surface area (Å²) in [7, 11) is 3.02. The zero-order valence-corrected chi connectivity index (χ0v) is 23.6. The van der Waals surface area contributed by atoms with E-state index in [1.807, 2.05) is 6.07 Å². The van der Waals surface area contributed by atoms with Gasteiger partial charge in [-0.25, -0.2) is 9.37 Å². The van der Waals surface area contributed by atoms with Gasteiger partial charge in [0.05, 0.1) is 42.4 Å². The molecule has 0 fully saturated rings. The van der Waals surface area contributed by atoms with Crippen molar-refractivity contribution in [2.24, 2.45) is 5.10 Å². The Hall–Kier alpha value is -5.97. The topological polar surface area (TPSA) is 117 Å². The second kappa shape index (κ2) is 12.1. The normalized spacial score (nSPS) is 11.2. The molecule has 0 aliphatic rings. The minimum Gasteiger partial charge on any atom is -0.496 e. The lowest BCUT2D eigenvalue weighted by Gasteiger charge is -2.13. The number of amides is 1. The highest BCUT2D eigenvalue weighted by molar-refractivity contribution is 5.93. The van der Waals surface area contributed by atoms with Gasteiger partial charge in [0.2, 0.25) is 5.82 Å². The van der Waals surface area contributed by atoms with Crippen molar-refractivity contribution in [1.82, 2.24) is 9.66 Å². The van der Waals surface area contributed by atoms with Gasteiger partial charge in [-0.05, 0) is 54.6 Å². The van der Waals surface area contributed by atoms with Gasteiger partial charge in [-0.15, -0.1) is 0 Å². The molecule has 0 atom stereocenters. The van der Waals surface area contributed by atoms with Crippen LogP contribution < -0.4 is 25.1 Å². The second-order valence-electron chi connectivity index (χ2n) is 9.49. The fourth-order valence-corrected chi connectivity index (χ4v) is 4.67. The number of hydrogen-bond acceptors (Lipinski definition) is 8. The number of nitrogens with one attached hydrogen (secondary N) is 1. The lowest BCUT2D eigenvalue weighted by atomic mass is 10.2. The summed E-state index contributed by atoms with van der Waals surface area (Å²) >= 11 is 0. The van der Waals surface area contributed by atoms with E-state index in [1.54, 1.807) is 73.8 Å². The predicted molar refractivity (Wildman–Crippen MR) is 164 cm³/mol. The van der Waals surface area contributed by atoms with Gasteiger partial charge in [-0.2, -0.15) is 9.78 Å². The maximum absolute atomic E-state index is 14.0. The van der Waals surface area contributed by atoms with E-state index in [4.69, 9.17) is 23.6 Å². The molecule has 10 nitrogen and oxygen atoms in total. The molecule has 0 radical (unpaired) electrons. The number of benzene rings is 4. The van der Waals surface area contributed by atoms with Crippen LogP contribution in [0.25, 0.3) is 33.5 Å². The third kappa shape index (κ3) is 5.45.